The molecular weight excluding hydrogens is 264 g/mol. The van der Waals surface area contributed by atoms with Crippen LogP contribution in [0.1, 0.15) is 0 Å². The minimum absolute atomic E-state index is 0.0892. The van der Waals surface area contributed by atoms with Gasteiger partial charge in [0.1, 0.15) is 0 Å². The van der Waals surface area contributed by atoms with Crippen LogP contribution >= 0.6 is 0 Å². The molecule has 0 saturated carbocycles. The number of ether oxygens (including phenoxy) is 1. The second kappa shape index (κ2) is 5.90. The molecule has 1 aliphatic heterocycles. The lowest BCUT2D eigenvalue weighted by Crippen LogP contribution is -2.46. The summed E-state index contributed by atoms with van der Waals surface area (Å²) in [6.07, 6.45) is 1.34. The Bertz CT molecular complexity index is 528. The van der Waals surface area contributed by atoms with Gasteiger partial charge in [-0.15, -0.1) is 0 Å². The predicted molar refractivity (Wildman–Crippen MR) is 75.4 cm³/mol. The van der Waals surface area contributed by atoms with Gasteiger partial charge >= 0.3 is 0 Å². The fourth-order valence-electron chi connectivity index (χ4n) is 2.32. The van der Waals surface area contributed by atoms with Gasteiger partial charge in [-0.05, 0) is 19.2 Å². The van der Waals surface area contributed by atoms with Crippen molar-refractivity contribution in [1.82, 2.24) is 5.32 Å². The molecular formula is C13H20N2O3S. The predicted octanol–water partition coefficient (Wildman–Crippen LogP) is 0.515. The molecule has 1 saturated heterocycles. The number of nitrogens with one attached hydrogen (secondary N) is 1. The number of benzene rings is 1. The quantitative estimate of drug-likeness (QED) is 0.873. The number of nitrogens with zero attached hydrogens (tertiary/aromatic N) is 1. The number of sulfone groups is 1. The van der Waals surface area contributed by atoms with Crippen LogP contribution in [0.5, 0.6) is 0 Å². The highest BCUT2D eigenvalue weighted by Crippen LogP contribution is 2.26. The summed E-state index contributed by atoms with van der Waals surface area (Å²) in [5.74, 6) is 0. The van der Waals surface area contributed by atoms with E-state index in [1.54, 1.807) is 12.1 Å². The maximum atomic E-state index is 11.8. The number of rotatable bonds is 4. The lowest BCUT2D eigenvalue weighted by atomic mass is 10.2. The van der Waals surface area contributed by atoms with Crippen molar-refractivity contribution in [2.24, 2.45) is 0 Å². The molecule has 1 N–H and O–H groups in total. The molecule has 6 heteroatoms. The number of likely N-dealkylation sites (N-methyl/N-ethyl adjacent to an activating group) is 1. The van der Waals surface area contributed by atoms with E-state index in [2.05, 4.69) is 10.2 Å². The van der Waals surface area contributed by atoms with Crippen molar-refractivity contribution < 1.29 is 13.2 Å². The summed E-state index contributed by atoms with van der Waals surface area (Å²) in [6.45, 7) is 2.79. The van der Waals surface area contributed by atoms with E-state index in [0.717, 1.165) is 12.2 Å². The van der Waals surface area contributed by atoms with Gasteiger partial charge in [0.15, 0.2) is 9.84 Å². The van der Waals surface area contributed by atoms with Crippen LogP contribution in [0.15, 0.2) is 29.2 Å². The Morgan fingerprint density at radius 3 is 2.84 bits per heavy atom. The van der Waals surface area contributed by atoms with Gasteiger partial charge in [-0.3, -0.25) is 0 Å². The molecule has 1 aromatic rings. The van der Waals surface area contributed by atoms with Crippen molar-refractivity contribution >= 4 is 15.5 Å². The van der Waals surface area contributed by atoms with Crippen LogP contribution in [0.3, 0.4) is 0 Å². The topological polar surface area (TPSA) is 58.6 Å². The molecule has 0 spiro atoms. The molecule has 1 aliphatic rings. The second-order valence-electron chi connectivity index (χ2n) is 4.74. The molecule has 106 valence electrons. The SMILES string of the molecule is CNCC1CN(c2ccccc2S(C)(=O)=O)CCO1. The van der Waals surface area contributed by atoms with Gasteiger partial charge in [-0.2, -0.15) is 0 Å². The molecule has 2 rings (SSSR count). The van der Waals surface area contributed by atoms with Crippen molar-refractivity contribution in [1.29, 1.82) is 0 Å². The van der Waals surface area contributed by atoms with Crippen LogP contribution < -0.4 is 10.2 Å². The van der Waals surface area contributed by atoms with Crippen molar-refractivity contribution in [3.63, 3.8) is 0 Å². The van der Waals surface area contributed by atoms with Crippen LogP contribution in [-0.2, 0) is 14.6 Å². The molecule has 1 atom stereocenters. The van der Waals surface area contributed by atoms with E-state index in [9.17, 15) is 8.42 Å². The van der Waals surface area contributed by atoms with Gasteiger partial charge in [-0.25, -0.2) is 8.42 Å². The third kappa shape index (κ3) is 3.46. The van der Waals surface area contributed by atoms with Gasteiger partial charge in [-0.1, -0.05) is 12.1 Å². The summed E-state index contributed by atoms with van der Waals surface area (Å²) in [4.78, 5) is 2.47. The van der Waals surface area contributed by atoms with E-state index in [1.807, 2.05) is 19.2 Å². The average molecular weight is 284 g/mol. The lowest BCUT2D eigenvalue weighted by Gasteiger charge is -2.35. The first-order chi connectivity index (χ1) is 9.02. The molecule has 0 radical (unpaired) electrons. The smallest absolute Gasteiger partial charge is 0.177 e. The van der Waals surface area contributed by atoms with Crippen molar-refractivity contribution in [3.8, 4) is 0 Å². The lowest BCUT2D eigenvalue weighted by molar-refractivity contribution is 0.0420. The number of para-hydroxylation sites is 1. The van der Waals surface area contributed by atoms with E-state index in [1.165, 1.54) is 6.26 Å². The largest absolute Gasteiger partial charge is 0.373 e. The number of hydrogen-bond acceptors (Lipinski definition) is 5. The maximum Gasteiger partial charge on any atom is 0.177 e. The normalized spacial score (nSPS) is 20.5. The highest BCUT2D eigenvalue weighted by atomic mass is 32.2. The summed E-state index contributed by atoms with van der Waals surface area (Å²) in [5.41, 5.74) is 0.773. The van der Waals surface area contributed by atoms with Gasteiger partial charge in [0.05, 0.1) is 23.3 Å². The first kappa shape index (κ1) is 14.3. The Hall–Kier alpha value is -1.11. The average Bonchev–Trinajstić information content (AvgIpc) is 2.38. The highest BCUT2D eigenvalue weighted by Gasteiger charge is 2.24. The fourth-order valence-corrected chi connectivity index (χ4v) is 3.22. The molecule has 0 amide bonds. The zero-order valence-corrected chi connectivity index (χ0v) is 12.1. The van der Waals surface area contributed by atoms with Gasteiger partial charge in [0.2, 0.25) is 0 Å². The van der Waals surface area contributed by atoms with Gasteiger partial charge in [0, 0.05) is 25.9 Å². The highest BCUT2D eigenvalue weighted by molar-refractivity contribution is 7.90. The summed E-state index contributed by atoms with van der Waals surface area (Å²) in [7, 11) is -1.33. The van der Waals surface area contributed by atoms with Crippen LogP contribution in [0.25, 0.3) is 0 Å². The Morgan fingerprint density at radius 2 is 2.16 bits per heavy atom. The number of anilines is 1. The summed E-state index contributed by atoms with van der Waals surface area (Å²) in [5, 5.41) is 3.08. The van der Waals surface area contributed by atoms with E-state index < -0.39 is 9.84 Å². The molecule has 19 heavy (non-hydrogen) atoms. The Kier molecular flexibility index (Phi) is 4.44. The van der Waals surface area contributed by atoms with Crippen LogP contribution in [0.2, 0.25) is 0 Å². The summed E-state index contributed by atoms with van der Waals surface area (Å²) in [6, 6.07) is 7.14. The zero-order chi connectivity index (χ0) is 13.9. The minimum Gasteiger partial charge on any atom is -0.373 e. The van der Waals surface area contributed by atoms with Crippen molar-refractivity contribution in [2.45, 2.75) is 11.0 Å². The summed E-state index contributed by atoms with van der Waals surface area (Å²) < 4.78 is 29.3. The van der Waals surface area contributed by atoms with Crippen LogP contribution in [0.4, 0.5) is 5.69 Å². The number of morpholine rings is 1. The van der Waals surface area contributed by atoms with E-state index in [0.29, 0.717) is 24.6 Å². The fraction of sp³-hybridized carbons (Fsp3) is 0.538. The second-order valence-corrected chi connectivity index (χ2v) is 6.72. The van der Waals surface area contributed by atoms with Gasteiger partial charge < -0.3 is 15.0 Å². The van der Waals surface area contributed by atoms with Crippen molar-refractivity contribution in [3.05, 3.63) is 24.3 Å². The van der Waals surface area contributed by atoms with Crippen LogP contribution in [-0.4, -0.2) is 54.1 Å². The van der Waals surface area contributed by atoms with Gasteiger partial charge in [0.25, 0.3) is 0 Å². The minimum atomic E-state index is -3.21. The molecule has 1 unspecified atom stereocenters. The Morgan fingerprint density at radius 1 is 1.42 bits per heavy atom. The zero-order valence-electron chi connectivity index (χ0n) is 11.3. The molecule has 1 fully saturated rings. The van der Waals surface area contributed by atoms with E-state index >= 15 is 0 Å². The Balaban J connectivity index is 2.27. The molecule has 0 bridgehead atoms. The standard InChI is InChI=1S/C13H20N2O3S/c1-14-9-11-10-15(7-8-18-11)12-5-3-4-6-13(12)19(2,16)17/h3-6,11,14H,7-10H2,1-2H3. The monoisotopic (exact) mass is 284 g/mol. The molecule has 0 aliphatic carbocycles. The van der Waals surface area contributed by atoms with Crippen LogP contribution in [0, 0.1) is 0 Å². The van der Waals surface area contributed by atoms with E-state index in [-0.39, 0.29) is 6.10 Å². The summed E-state index contributed by atoms with van der Waals surface area (Å²) >= 11 is 0. The third-order valence-electron chi connectivity index (χ3n) is 3.18. The van der Waals surface area contributed by atoms with E-state index in [4.69, 9.17) is 4.74 Å². The molecule has 5 nitrogen and oxygen atoms in total. The molecule has 0 aromatic heterocycles. The third-order valence-corrected chi connectivity index (χ3v) is 4.32. The number of hydrogen-bond donors (Lipinski definition) is 1. The first-order valence-electron chi connectivity index (χ1n) is 6.32. The maximum absolute atomic E-state index is 11.8. The Labute approximate surface area is 114 Å². The first-order valence-corrected chi connectivity index (χ1v) is 8.21. The molecule has 1 aromatic carbocycles. The van der Waals surface area contributed by atoms with Crippen molar-refractivity contribution in [2.75, 3.05) is 44.4 Å². The molecule has 1 heterocycles.